The van der Waals surface area contributed by atoms with Crippen LogP contribution in [0.4, 0.5) is 0 Å². The van der Waals surface area contributed by atoms with Crippen molar-refractivity contribution in [3.63, 3.8) is 0 Å². The molecule has 0 aliphatic heterocycles. The highest BCUT2D eigenvalue weighted by atomic mass is 32.1. The van der Waals surface area contributed by atoms with Gasteiger partial charge in [-0.25, -0.2) is 0 Å². The Balaban J connectivity index is 2.23. The lowest BCUT2D eigenvalue weighted by Crippen LogP contribution is -2.34. The molecule has 0 unspecified atom stereocenters. The summed E-state index contributed by atoms with van der Waals surface area (Å²) in [5, 5.41) is 10.5. The molecule has 0 bridgehead atoms. The van der Waals surface area contributed by atoms with Gasteiger partial charge in [-0.3, -0.25) is 0 Å². The van der Waals surface area contributed by atoms with Crippen molar-refractivity contribution in [3.05, 3.63) is 17.5 Å². The molecular formula is C9H15N3OS. The molecule has 0 spiro atoms. The SMILES string of the molecule is CCCNC(=S)NCc1cc(C)no1. The molecule has 0 saturated carbocycles. The van der Waals surface area contributed by atoms with E-state index in [0.717, 1.165) is 24.4 Å². The molecule has 78 valence electrons. The number of rotatable bonds is 4. The summed E-state index contributed by atoms with van der Waals surface area (Å²) in [5.41, 5.74) is 0.884. The smallest absolute Gasteiger partial charge is 0.166 e. The highest BCUT2D eigenvalue weighted by Gasteiger charge is 2.00. The Bertz CT molecular complexity index is 298. The second-order valence-electron chi connectivity index (χ2n) is 3.04. The second-order valence-corrected chi connectivity index (χ2v) is 3.45. The van der Waals surface area contributed by atoms with Crippen molar-refractivity contribution in [2.75, 3.05) is 6.54 Å². The van der Waals surface area contributed by atoms with E-state index < -0.39 is 0 Å². The Morgan fingerprint density at radius 1 is 1.57 bits per heavy atom. The van der Waals surface area contributed by atoms with Gasteiger partial charge in [0, 0.05) is 12.6 Å². The number of nitrogens with zero attached hydrogens (tertiary/aromatic N) is 1. The first-order chi connectivity index (χ1) is 6.72. The van der Waals surface area contributed by atoms with Crippen molar-refractivity contribution in [2.24, 2.45) is 0 Å². The number of nitrogens with one attached hydrogen (secondary N) is 2. The molecule has 0 aliphatic carbocycles. The van der Waals surface area contributed by atoms with Crippen molar-refractivity contribution in [1.82, 2.24) is 15.8 Å². The predicted molar refractivity (Wildman–Crippen MR) is 59.0 cm³/mol. The summed E-state index contributed by atoms with van der Waals surface area (Å²) in [6.07, 6.45) is 1.06. The molecule has 1 heterocycles. The van der Waals surface area contributed by atoms with E-state index in [2.05, 4.69) is 22.7 Å². The van der Waals surface area contributed by atoms with E-state index in [9.17, 15) is 0 Å². The minimum atomic E-state index is 0.580. The monoisotopic (exact) mass is 213 g/mol. The molecule has 0 radical (unpaired) electrons. The van der Waals surface area contributed by atoms with Crippen molar-refractivity contribution in [3.8, 4) is 0 Å². The summed E-state index contributed by atoms with van der Waals surface area (Å²) in [4.78, 5) is 0. The third-order valence-electron chi connectivity index (χ3n) is 1.64. The predicted octanol–water partition coefficient (Wildman–Crippen LogP) is 1.36. The fraction of sp³-hybridized carbons (Fsp3) is 0.556. The summed E-state index contributed by atoms with van der Waals surface area (Å²) in [7, 11) is 0. The maximum absolute atomic E-state index is 5.04. The lowest BCUT2D eigenvalue weighted by molar-refractivity contribution is 0.376. The molecule has 1 aromatic rings. The van der Waals surface area contributed by atoms with Gasteiger partial charge in [0.05, 0.1) is 12.2 Å². The first-order valence-electron chi connectivity index (χ1n) is 4.66. The Morgan fingerprint density at radius 2 is 2.36 bits per heavy atom. The molecule has 2 N–H and O–H groups in total. The first-order valence-corrected chi connectivity index (χ1v) is 5.07. The molecule has 0 saturated heterocycles. The van der Waals surface area contributed by atoms with E-state index in [-0.39, 0.29) is 0 Å². The van der Waals surface area contributed by atoms with Crippen LogP contribution in [-0.2, 0) is 6.54 Å². The van der Waals surface area contributed by atoms with Crippen molar-refractivity contribution >= 4 is 17.3 Å². The highest BCUT2D eigenvalue weighted by Crippen LogP contribution is 2.00. The van der Waals surface area contributed by atoms with Gasteiger partial charge in [0.2, 0.25) is 0 Å². The summed E-state index contributed by atoms with van der Waals surface area (Å²) in [5.74, 6) is 0.795. The van der Waals surface area contributed by atoms with E-state index in [4.69, 9.17) is 16.7 Å². The molecule has 4 nitrogen and oxygen atoms in total. The van der Waals surface area contributed by atoms with Crippen LogP contribution in [0.1, 0.15) is 24.8 Å². The second kappa shape index (κ2) is 5.59. The number of aryl methyl sites for hydroxylation is 1. The molecule has 5 heteroatoms. The van der Waals surface area contributed by atoms with Crippen LogP contribution in [-0.4, -0.2) is 16.8 Å². The number of aromatic nitrogens is 1. The third kappa shape index (κ3) is 3.74. The highest BCUT2D eigenvalue weighted by molar-refractivity contribution is 7.80. The van der Waals surface area contributed by atoms with Gasteiger partial charge < -0.3 is 15.2 Å². The van der Waals surface area contributed by atoms with E-state index in [0.29, 0.717) is 11.7 Å². The Morgan fingerprint density at radius 3 is 2.93 bits per heavy atom. The molecular weight excluding hydrogens is 198 g/mol. The van der Waals surface area contributed by atoms with Crippen LogP contribution in [0.15, 0.2) is 10.6 Å². The van der Waals surface area contributed by atoms with Gasteiger partial charge in [0.1, 0.15) is 0 Å². The zero-order chi connectivity index (χ0) is 10.4. The zero-order valence-electron chi connectivity index (χ0n) is 8.46. The number of thiocarbonyl (C=S) groups is 1. The molecule has 0 aromatic carbocycles. The van der Waals surface area contributed by atoms with Gasteiger partial charge >= 0.3 is 0 Å². The van der Waals surface area contributed by atoms with Gasteiger partial charge in [0.25, 0.3) is 0 Å². The normalized spacial score (nSPS) is 9.86. The molecule has 0 aliphatic rings. The van der Waals surface area contributed by atoms with Crippen LogP contribution in [0.2, 0.25) is 0 Å². The van der Waals surface area contributed by atoms with E-state index in [1.807, 2.05) is 13.0 Å². The zero-order valence-corrected chi connectivity index (χ0v) is 9.28. The third-order valence-corrected chi connectivity index (χ3v) is 1.92. The molecule has 1 aromatic heterocycles. The maximum Gasteiger partial charge on any atom is 0.166 e. The Labute approximate surface area is 89.0 Å². The minimum absolute atomic E-state index is 0.580. The van der Waals surface area contributed by atoms with Crippen LogP contribution < -0.4 is 10.6 Å². The lowest BCUT2D eigenvalue weighted by atomic mass is 10.4. The van der Waals surface area contributed by atoms with E-state index in [1.54, 1.807) is 0 Å². The van der Waals surface area contributed by atoms with Gasteiger partial charge in [-0.15, -0.1) is 0 Å². The van der Waals surface area contributed by atoms with Crippen molar-refractivity contribution in [2.45, 2.75) is 26.8 Å². The average Bonchev–Trinajstić information content (AvgIpc) is 2.58. The molecule has 1 rings (SSSR count). The topological polar surface area (TPSA) is 50.1 Å². The standard InChI is InChI=1S/C9H15N3OS/c1-3-4-10-9(14)11-6-8-5-7(2)12-13-8/h5H,3-4,6H2,1-2H3,(H2,10,11,14). The molecule has 0 atom stereocenters. The Kier molecular flexibility index (Phi) is 4.39. The molecule has 0 fully saturated rings. The average molecular weight is 213 g/mol. The van der Waals surface area contributed by atoms with E-state index >= 15 is 0 Å². The van der Waals surface area contributed by atoms with E-state index in [1.165, 1.54) is 0 Å². The van der Waals surface area contributed by atoms with Crippen LogP contribution in [0.3, 0.4) is 0 Å². The maximum atomic E-state index is 5.04. The van der Waals surface area contributed by atoms with Crippen molar-refractivity contribution in [1.29, 1.82) is 0 Å². The van der Waals surface area contributed by atoms with Gasteiger partial charge in [0.15, 0.2) is 10.9 Å². The number of hydrogen-bond acceptors (Lipinski definition) is 3. The largest absolute Gasteiger partial charge is 0.363 e. The first kappa shape index (κ1) is 11.0. The summed E-state index contributed by atoms with van der Waals surface area (Å²) < 4.78 is 5.02. The fourth-order valence-electron chi connectivity index (χ4n) is 0.968. The minimum Gasteiger partial charge on any atom is -0.363 e. The fourth-order valence-corrected chi connectivity index (χ4v) is 1.14. The number of hydrogen-bond donors (Lipinski definition) is 2. The molecule has 0 amide bonds. The van der Waals surface area contributed by atoms with Gasteiger partial charge in [-0.05, 0) is 25.6 Å². The van der Waals surface area contributed by atoms with Crippen molar-refractivity contribution < 1.29 is 4.52 Å². The quantitative estimate of drug-likeness (QED) is 0.740. The van der Waals surface area contributed by atoms with Crippen LogP contribution in [0, 0.1) is 6.92 Å². The van der Waals surface area contributed by atoms with Gasteiger partial charge in [-0.1, -0.05) is 12.1 Å². The van der Waals surface area contributed by atoms with Crippen LogP contribution in [0.5, 0.6) is 0 Å². The Hall–Kier alpha value is -1.10. The molecule has 14 heavy (non-hydrogen) atoms. The summed E-state index contributed by atoms with van der Waals surface area (Å²) in [6, 6.07) is 1.88. The summed E-state index contributed by atoms with van der Waals surface area (Å²) >= 11 is 5.04. The lowest BCUT2D eigenvalue weighted by Gasteiger charge is -2.07. The van der Waals surface area contributed by atoms with Gasteiger partial charge in [-0.2, -0.15) is 0 Å². The van der Waals surface area contributed by atoms with Crippen LogP contribution >= 0.6 is 12.2 Å². The van der Waals surface area contributed by atoms with Crippen LogP contribution in [0.25, 0.3) is 0 Å². The summed E-state index contributed by atoms with van der Waals surface area (Å²) in [6.45, 7) is 5.45.